The van der Waals surface area contributed by atoms with Crippen molar-refractivity contribution in [1.82, 2.24) is 29.5 Å². The minimum atomic E-state index is -0.0347. The van der Waals surface area contributed by atoms with Crippen molar-refractivity contribution in [2.24, 2.45) is 0 Å². The Balaban J connectivity index is 1.26. The number of piperazine rings is 1. The van der Waals surface area contributed by atoms with E-state index in [1.165, 1.54) is 0 Å². The van der Waals surface area contributed by atoms with Crippen molar-refractivity contribution in [2.75, 3.05) is 26.2 Å². The van der Waals surface area contributed by atoms with Crippen LogP contribution in [-0.4, -0.2) is 67.5 Å². The number of amides is 2. The number of rotatable bonds is 2. The zero-order valence-corrected chi connectivity index (χ0v) is 16.1. The maximum atomic E-state index is 13.0. The number of hydrogen-bond donors (Lipinski definition) is 0. The van der Waals surface area contributed by atoms with Crippen LogP contribution in [0.5, 0.6) is 0 Å². The number of aryl methyl sites for hydroxylation is 1. The van der Waals surface area contributed by atoms with Crippen LogP contribution in [0.15, 0.2) is 36.8 Å². The molecule has 0 radical (unpaired) electrons. The molecule has 2 aliphatic heterocycles. The van der Waals surface area contributed by atoms with Crippen molar-refractivity contribution >= 4 is 22.8 Å². The summed E-state index contributed by atoms with van der Waals surface area (Å²) >= 11 is 0. The molecule has 8 heteroatoms. The molecule has 29 heavy (non-hydrogen) atoms. The van der Waals surface area contributed by atoms with E-state index in [-0.39, 0.29) is 11.8 Å². The predicted molar refractivity (Wildman–Crippen MR) is 107 cm³/mol. The Labute approximate surface area is 168 Å². The van der Waals surface area contributed by atoms with Crippen LogP contribution in [0.4, 0.5) is 0 Å². The molecule has 1 fully saturated rings. The second kappa shape index (κ2) is 7.27. The number of carbonyl (C=O) groups is 2. The van der Waals surface area contributed by atoms with Gasteiger partial charge in [-0.15, -0.1) is 0 Å². The first-order valence-corrected chi connectivity index (χ1v) is 10.0. The third kappa shape index (κ3) is 3.24. The zero-order valence-electron chi connectivity index (χ0n) is 16.1. The molecule has 2 aliphatic rings. The van der Waals surface area contributed by atoms with Gasteiger partial charge in [0.25, 0.3) is 11.8 Å². The molecule has 0 N–H and O–H groups in total. The van der Waals surface area contributed by atoms with Crippen LogP contribution in [0.3, 0.4) is 0 Å². The quantitative estimate of drug-likeness (QED) is 0.666. The molecule has 0 spiro atoms. The molecular formula is C21H22N6O2. The van der Waals surface area contributed by atoms with Crippen molar-refractivity contribution < 1.29 is 9.59 Å². The number of carbonyl (C=O) groups excluding carboxylic acids is 2. The lowest BCUT2D eigenvalue weighted by atomic mass is 10.1. The third-order valence-electron chi connectivity index (χ3n) is 5.78. The van der Waals surface area contributed by atoms with E-state index in [1.807, 2.05) is 15.6 Å². The van der Waals surface area contributed by atoms with Gasteiger partial charge in [-0.2, -0.15) is 5.10 Å². The van der Waals surface area contributed by atoms with E-state index in [0.717, 1.165) is 42.6 Å². The number of benzene rings is 1. The van der Waals surface area contributed by atoms with Gasteiger partial charge in [0, 0.05) is 50.7 Å². The summed E-state index contributed by atoms with van der Waals surface area (Å²) in [5.41, 5.74) is 3.85. The van der Waals surface area contributed by atoms with Crippen molar-refractivity contribution in [2.45, 2.75) is 25.8 Å². The molecule has 0 saturated carbocycles. The van der Waals surface area contributed by atoms with Crippen LogP contribution in [-0.2, 0) is 13.0 Å². The van der Waals surface area contributed by atoms with E-state index < -0.39 is 0 Å². The summed E-state index contributed by atoms with van der Waals surface area (Å²) in [7, 11) is 0. The normalized spacial score (nSPS) is 16.7. The largest absolute Gasteiger partial charge is 0.335 e. The average molecular weight is 390 g/mol. The summed E-state index contributed by atoms with van der Waals surface area (Å²) in [6, 6.07) is 5.38. The van der Waals surface area contributed by atoms with Crippen LogP contribution in [0.25, 0.3) is 11.0 Å². The molecule has 8 nitrogen and oxygen atoms in total. The summed E-state index contributed by atoms with van der Waals surface area (Å²) in [5.74, 6) is -0.00575. The van der Waals surface area contributed by atoms with Crippen LogP contribution < -0.4 is 0 Å². The Morgan fingerprint density at radius 2 is 1.55 bits per heavy atom. The highest BCUT2D eigenvalue weighted by Gasteiger charge is 2.28. The summed E-state index contributed by atoms with van der Waals surface area (Å²) < 4.78 is 1.96. The van der Waals surface area contributed by atoms with Crippen LogP contribution in [0, 0.1) is 0 Å². The van der Waals surface area contributed by atoms with Gasteiger partial charge in [-0.25, -0.2) is 0 Å². The molecule has 1 aromatic carbocycles. The standard InChI is InChI=1S/C21H22N6O2/c28-20(15-4-5-17-18(13-15)23-7-6-22-17)25-9-11-26(12-10-25)21(29)16-14-24-27-8-2-1-3-19(16)27/h4-7,13-14H,1-3,8-12H2. The highest BCUT2D eigenvalue weighted by atomic mass is 16.2. The first-order chi connectivity index (χ1) is 14.2. The van der Waals surface area contributed by atoms with Gasteiger partial charge in [0.1, 0.15) is 0 Å². The molecule has 0 aliphatic carbocycles. The molecule has 0 unspecified atom stereocenters. The van der Waals surface area contributed by atoms with Gasteiger partial charge in [0.15, 0.2) is 0 Å². The number of fused-ring (bicyclic) bond motifs is 2. The lowest BCUT2D eigenvalue weighted by Gasteiger charge is -2.35. The molecule has 5 rings (SSSR count). The molecule has 3 aromatic rings. The number of nitrogens with zero attached hydrogens (tertiary/aromatic N) is 6. The number of aromatic nitrogens is 4. The summed E-state index contributed by atoms with van der Waals surface area (Å²) in [4.78, 5) is 38.0. The van der Waals surface area contributed by atoms with Crippen molar-refractivity contribution in [3.8, 4) is 0 Å². The molecule has 0 atom stereocenters. The van der Waals surface area contributed by atoms with Gasteiger partial charge in [-0.3, -0.25) is 24.2 Å². The van der Waals surface area contributed by atoms with E-state index in [0.29, 0.717) is 37.3 Å². The molecule has 148 valence electrons. The van der Waals surface area contributed by atoms with E-state index in [1.54, 1.807) is 35.6 Å². The molecule has 2 amide bonds. The summed E-state index contributed by atoms with van der Waals surface area (Å²) in [6.07, 6.45) is 8.09. The fourth-order valence-corrected chi connectivity index (χ4v) is 4.16. The average Bonchev–Trinajstić information content (AvgIpc) is 3.22. The van der Waals surface area contributed by atoms with E-state index in [2.05, 4.69) is 15.1 Å². The van der Waals surface area contributed by atoms with Crippen LogP contribution in [0.1, 0.15) is 39.3 Å². The molecule has 2 aromatic heterocycles. The molecule has 4 heterocycles. The van der Waals surface area contributed by atoms with Crippen LogP contribution >= 0.6 is 0 Å². The van der Waals surface area contributed by atoms with Crippen LogP contribution in [0.2, 0.25) is 0 Å². The highest BCUT2D eigenvalue weighted by Crippen LogP contribution is 2.21. The monoisotopic (exact) mass is 390 g/mol. The number of hydrogen-bond acceptors (Lipinski definition) is 5. The second-order valence-corrected chi connectivity index (χ2v) is 7.53. The second-order valence-electron chi connectivity index (χ2n) is 7.53. The summed E-state index contributed by atoms with van der Waals surface area (Å²) in [6.45, 7) is 2.99. The summed E-state index contributed by atoms with van der Waals surface area (Å²) in [5, 5.41) is 4.37. The highest BCUT2D eigenvalue weighted by molar-refractivity contribution is 5.98. The Morgan fingerprint density at radius 1 is 0.828 bits per heavy atom. The predicted octanol–water partition coefficient (Wildman–Crippen LogP) is 1.76. The molecule has 1 saturated heterocycles. The van der Waals surface area contributed by atoms with Gasteiger partial charge in [0.05, 0.1) is 28.5 Å². The van der Waals surface area contributed by atoms with Crippen molar-refractivity contribution in [3.05, 3.63) is 53.6 Å². The molecule has 0 bridgehead atoms. The van der Waals surface area contributed by atoms with E-state index >= 15 is 0 Å². The Morgan fingerprint density at radius 3 is 2.34 bits per heavy atom. The first kappa shape index (κ1) is 17.8. The lowest BCUT2D eigenvalue weighted by molar-refractivity contribution is 0.0534. The Bertz CT molecular complexity index is 1080. The maximum absolute atomic E-state index is 13.0. The van der Waals surface area contributed by atoms with Crippen molar-refractivity contribution in [3.63, 3.8) is 0 Å². The molecular weight excluding hydrogens is 368 g/mol. The topological polar surface area (TPSA) is 84.2 Å². The van der Waals surface area contributed by atoms with Gasteiger partial charge in [0.2, 0.25) is 0 Å². The fraction of sp³-hybridized carbons (Fsp3) is 0.381. The minimum Gasteiger partial charge on any atom is -0.335 e. The minimum absolute atomic E-state index is 0.0289. The Hall–Kier alpha value is -3.29. The lowest BCUT2D eigenvalue weighted by Crippen LogP contribution is -2.50. The van der Waals surface area contributed by atoms with Gasteiger partial charge in [-0.05, 0) is 37.5 Å². The van der Waals surface area contributed by atoms with Gasteiger partial charge in [-0.1, -0.05) is 0 Å². The SMILES string of the molecule is O=C(c1ccc2nccnc2c1)N1CCN(C(=O)c2cnn3c2CCCC3)CC1. The fourth-order valence-electron chi connectivity index (χ4n) is 4.16. The van der Waals surface area contributed by atoms with Crippen molar-refractivity contribution in [1.29, 1.82) is 0 Å². The van der Waals surface area contributed by atoms with Gasteiger partial charge >= 0.3 is 0 Å². The first-order valence-electron chi connectivity index (χ1n) is 10.0. The van der Waals surface area contributed by atoms with Gasteiger partial charge < -0.3 is 9.80 Å². The van der Waals surface area contributed by atoms with E-state index in [9.17, 15) is 9.59 Å². The smallest absolute Gasteiger partial charge is 0.257 e. The maximum Gasteiger partial charge on any atom is 0.257 e. The Kier molecular flexibility index (Phi) is 4.46. The zero-order chi connectivity index (χ0) is 19.8. The third-order valence-corrected chi connectivity index (χ3v) is 5.78. The van der Waals surface area contributed by atoms with E-state index in [4.69, 9.17) is 0 Å².